The Kier molecular flexibility index (Phi) is 6.11. The number of Topliss-reactive ketones (excluding diaryl/α,β-unsaturated/α-hetero) is 1. The van der Waals surface area contributed by atoms with Crippen molar-refractivity contribution < 1.29 is 9.36 Å². The van der Waals surface area contributed by atoms with Crippen LogP contribution in [0.3, 0.4) is 0 Å². The number of hydrogen-bond acceptors (Lipinski definition) is 2. The highest BCUT2D eigenvalue weighted by molar-refractivity contribution is 7.72. The molecule has 1 aliphatic rings. The molecule has 4 atom stereocenters. The van der Waals surface area contributed by atoms with Crippen molar-refractivity contribution in [1.29, 1.82) is 0 Å². The van der Waals surface area contributed by atoms with Gasteiger partial charge in [0.2, 0.25) is 0 Å². The van der Waals surface area contributed by atoms with Crippen molar-refractivity contribution in [3.05, 3.63) is 138 Å². The molecule has 1 fully saturated rings. The summed E-state index contributed by atoms with van der Waals surface area (Å²) in [5.74, 6) is -0.233. The molecule has 0 amide bonds. The van der Waals surface area contributed by atoms with E-state index in [4.69, 9.17) is 0 Å². The summed E-state index contributed by atoms with van der Waals surface area (Å²) in [5.41, 5.74) is 2.82. The highest BCUT2D eigenvalue weighted by Crippen LogP contribution is 2.67. The van der Waals surface area contributed by atoms with Crippen LogP contribution in [0, 0.1) is 5.92 Å². The second kappa shape index (κ2) is 9.33. The molecule has 2 nitrogen and oxygen atoms in total. The van der Waals surface area contributed by atoms with Gasteiger partial charge < -0.3 is 4.57 Å². The van der Waals surface area contributed by atoms with Gasteiger partial charge >= 0.3 is 0 Å². The number of benzene rings is 4. The van der Waals surface area contributed by atoms with Gasteiger partial charge in [0.25, 0.3) is 0 Å². The van der Waals surface area contributed by atoms with Gasteiger partial charge in [0.05, 0.1) is 0 Å². The first-order valence-electron chi connectivity index (χ1n) is 11.5. The third kappa shape index (κ3) is 4.24. The molecule has 4 unspecified atom stereocenters. The molecule has 1 aliphatic heterocycles. The van der Waals surface area contributed by atoms with Crippen molar-refractivity contribution in [2.45, 2.75) is 18.0 Å². The molecule has 164 valence electrons. The molecule has 0 bridgehead atoms. The number of carbonyl (C=O) groups is 1. The van der Waals surface area contributed by atoms with Gasteiger partial charge in [-0.15, -0.1) is 0 Å². The number of ketones is 1. The van der Waals surface area contributed by atoms with E-state index >= 15 is 0 Å². The Morgan fingerprint density at radius 3 is 1.70 bits per heavy atom. The van der Waals surface area contributed by atoms with Gasteiger partial charge in [0.1, 0.15) is 7.14 Å². The fraction of sp³-hybridized carbons (Fsp3) is 0.167. The molecule has 1 heterocycles. The molecule has 4 aromatic carbocycles. The van der Waals surface area contributed by atoms with Gasteiger partial charge in [-0.1, -0.05) is 121 Å². The van der Waals surface area contributed by atoms with Crippen LogP contribution in [0.5, 0.6) is 0 Å². The molecule has 3 heteroatoms. The van der Waals surface area contributed by atoms with Crippen molar-refractivity contribution in [3.63, 3.8) is 0 Å². The average molecular weight is 451 g/mol. The minimum absolute atomic E-state index is 0.00917. The molecule has 0 N–H and O–H groups in total. The first-order chi connectivity index (χ1) is 16.2. The SMILES string of the molecule is O=C(c1ccccc1)C1CP(=O)(c2ccccc2)C(c2ccccc2)CC1c1ccccc1. The van der Waals surface area contributed by atoms with Crippen LogP contribution < -0.4 is 5.30 Å². The van der Waals surface area contributed by atoms with E-state index in [2.05, 4.69) is 24.3 Å². The molecule has 0 saturated carbocycles. The standard InChI is InChI=1S/C30H27O2P/c31-30(25-17-9-3-10-18-25)28-22-33(32,26-19-11-4-12-20-26)29(24-15-7-2-8-16-24)21-27(28)23-13-5-1-6-14-23/h1-20,27-29H,21-22H2. The summed E-state index contributed by atoms with van der Waals surface area (Å²) in [5, 5.41) is 0.872. The van der Waals surface area contributed by atoms with E-state index in [9.17, 15) is 9.36 Å². The minimum atomic E-state index is -2.91. The Bertz CT molecular complexity index is 1250. The van der Waals surface area contributed by atoms with Gasteiger partial charge in [-0.2, -0.15) is 0 Å². The lowest BCUT2D eigenvalue weighted by Gasteiger charge is -2.42. The zero-order chi connectivity index (χ0) is 22.7. The summed E-state index contributed by atoms with van der Waals surface area (Å²) in [7, 11) is -2.91. The molecule has 4 aromatic rings. The second-order valence-corrected chi connectivity index (χ2v) is 11.9. The lowest BCUT2D eigenvalue weighted by atomic mass is 9.78. The Morgan fingerprint density at radius 2 is 1.12 bits per heavy atom. The highest BCUT2D eigenvalue weighted by Gasteiger charge is 2.48. The summed E-state index contributed by atoms with van der Waals surface area (Å²) in [6, 6.07) is 39.8. The summed E-state index contributed by atoms with van der Waals surface area (Å²) < 4.78 is 14.9. The van der Waals surface area contributed by atoms with Crippen molar-refractivity contribution in [2.24, 2.45) is 5.92 Å². The largest absolute Gasteiger partial charge is 0.318 e. The third-order valence-electron chi connectivity index (χ3n) is 6.93. The molecule has 0 spiro atoms. The summed E-state index contributed by atoms with van der Waals surface area (Å²) >= 11 is 0. The van der Waals surface area contributed by atoms with Crippen molar-refractivity contribution in [3.8, 4) is 0 Å². The van der Waals surface area contributed by atoms with Crippen molar-refractivity contribution >= 4 is 18.2 Å². The van der Waals surface area contributed by atoms with Gasteiger partial charge in [-0.3, -0.25) is 4.79 Å². The second-order valence-electron chi connectivity index (χ2n) is 8.83. The zero-order valence-electron chi connectivity index (χ0n) is 18.5. The maximum atomic E-state index is 14.9. The zero-order valence-corrected chi connectivity index (χ0v) is 19.4. The predicted molar refractivity (Wildman–Crippen MR) is 136 cm³/mol. The van der Waals surface area contributed by atoms with E-state index in [-0.39, 0.29) is 23.3 Å². The summed E-state index contributed by atoms with van der Waals surface area (Å²) in [6.45, 7) is 0. The molecule has 0 aromatic heterocycles. The smallest absolute Gasteiger partial charge is 0.167 e. The van der Waals surface area contributed by atoms with Gasteiger partial charge in [-0.05, 0) is 23.5 Å². The quantitative estimate of drug-likeness (QED) is 0.240. The average Bonchev–Trinajstić information content (AvgIpc) is 2.90. The van der Waals surface area contributed by atoms with E-state index in [0.717, 1.165) is 16.4 Å². The first-order valence-corrected chi connectivity index (χ1v) is 13.5. The van der Waals surface area contributed by atoms with Crippen molar-refractivity contribution in [2.75, 3.05) is 6.16 Å². The highest BCUT2D eigenvalue weighted by atomic mass is 31.2. The third-order valence-corrected chi connectivity index (χ3v) is 10.6. The first kappa shape index (κ1) is 21.6. The van der Waals surface area contributed by atoms with Crippen LogP contribution in [0.2, 0.25) is 0 Å². The topological polar surface area (TPSA) is 34.1 Å². The number of carbonyl (C=O) groups excluding carboxylic acids is 1. The lowest BCUT2D eigenvalue weighted by molar-refractivity contribution is 0.0905. The molecule has 0 aliphatic carbocycles. The van der Waals surface area contributed by atoms with Crippen LogP contribution in [-0.2, 0) is 4.57 Å². The number of rotatable bonds is 5. The van der Waals surface area contributed by atoms with E-state index < -0.39 is 7.14 Å². The fourth-order valence-electron chi connectivity index (χ4n) is 5.29. The van der Waals surface area contributed by atoms with Crippen LogP contribution >= 0.6 is 7.14 Å². The lowest BCUT2D eigenvalue weighted by Crippen LogP contribution is -2.35. The van der Waals surface area contributed by atoms with Crippen LogP contribution in [0.25, 0.3) is 0 Å². The van der Waals surface area contributed by atoms with E-state index in [1.807, 2.05) is 97.1 Å². The fourth-order valence-corrected chi connectivity index (χ4v) is 9.02. The maximum Gasteiger partial charge on any atom is 0.167 e. The molecular weight excluding hydrogens is 423 g/mol. The Hall–Kier alpha value is -3.22. The van der Waals surface area contributed by atoms with Gasteiger partial charge in [0, 0.05) is 28.6 Å². The van der Waals surface area contributed by atoms with Gasteiger partial charge in [-0.25, -0.2) is 0 Å². The maximum absolute atomic E-state index is 14.9. The minimum Gasteiger partial charge on any atom is -0.318 e. The number of hydrogen-bond donors (Lipinski definition) is 0. The monoisotopic (exact) mass is 450 g/mol. The molecule has 0 radical (unpaired) electrons. The van der Waals surface area contributed by atoms with Crippen LogP contribution in [0.4, 0.5) is 0 Å². The molecular formula is C30H27O2P. The molecule has 5 rings (SSSR count). The van der Waals surface area contributed by atoms with Gasteiger partial charge in [0.15, 0.2) is 5.78 Å². The summed E-state index contributed by atoms with van der Waals surface area (Å²) in [6.07, 6.45) is 1.06. The molecule has 1 saturated heterocycles. The van der Waals surface area contributed by atoms with E-state index in [1.54, 1.807) is 0 Å². The van der Waals surface area contributed by atoms with Crippen LogP contribution in [-0.4, -0.2) is 11.9 Å². The summed E-state index contributed by atoms with van der Waals surface area (Å²) in [4.78, 5) is 13.8. The van der Waals surface area contributed by atoms with Crippen LogP contribution in [0.15, 0.2) is 121 Å². The molecule has 33 heavy (non-hydrogen) atoms. The Labute approximate surface area is 195 Å². The van der Waals surface area contributed by atoms with E-state index in [1.165, 1.54) is 0 Å². The Balaban J connectivity index is 1.65. The normalized spacial score (nSPS) is 24.8. The van der Waals surface area contributed by atoms with E-state index in [0.29, 0.717) is 18.1 Å². The Morgan fingerprint density at radius 1 is 0.636 bits per heavy atom. The van der Waals surface area contributed by atoms with Crippen LogP contribution in [0.1, 0.15) is 39.5 Å². The predicted octanol–water partition coefficient (Wildman–Crippen LogP) is 7.10. The van der Waals surface area contributed by atoms with Crippen molar-refractivity contribution in [1.82, 2.24) is 0 Å².